The van der Waals surface area contributed by atoms with E-state index in [1.54, 1.807) is 26.0 Å². The van der Waals surface area contributed by atoms with Gasteiger partial charge in [-0.05, 0) is 43.2 Å². The van der Waals surface area contributed by atoms with Crippen molar-refractivity contribution in [2.45, 2.75) is 13.8 Å². The number of hydrogen-bond acceptors (Lipinski definition) is 4. The van der Waals surface area contributed by atoms with Crippen molar-refractivity contribution in [3.63, 3.8) is 0 Å². The molecule has 0 fully saturated rings. The predicted molar refractivity (Wildman–Crippen MR) is 76.9 cm³/mol. The SMILES string of the molecule is Cc1cc(C#N)cc(C)c1Oc1ccc(Cl)c(C(=O)O)n1. The highest BCUT2D eigenvalue weighted by Crippen LogP contribution is 2.30. The topological polar surface area (TPSA) is 83.2 Å². The van der Waals surface area contributed by atoms with Gasteiger partial charge in [0.25, 0.3) is 0 Å². The first kappa shape index (κ1) is 14.8. The summed E-state index contributed by atoms with van der Waals surface area (Å²) in [4.78, 5) is 14.9. The minimum absolute atomic E-state index is 0.0446. The maximum absolute atomic E-state index is 11.0. The lowest BCUT2D eigenvalue weighted by molar-refractivity contribution is 0.0690. The number of aromatic carboxylic acids is 1. The zero-order chi connectivity index (χ0) is 15.6. The first-order chi connectivity index (χ1) is 9.92. The average Bonchev–Trinajstić information content (AvgIpc) is 2.43. The molecule has 0 aliphatic carbocycles. The number of nitrogens with zero attached hydrogens (tertiary/aromatic N) is 2. The van der Waals surface area contributed by atoms with Gasteiger partial charge < -0.3 is 9.84 Å². The van der Waals surface area contributed by atoms with E-state index in [0.29, 0.717) is 11.3 Å². The molecule has 1 aromatic carbocycles. The van der Waals surface area contributed by atoms with Gasteiger partial charge in [0, 0.05) is 6.07 Å². The number of carbonyl (C=O) groups is 1. The molecule has 1 N–H and O–H groups in total. The summed E-state index contributed by atoms with van der Waals surface area (Å²) in [5, 5.41) is 18.0. The minimum Gasteiger partial charge on any atom is -0.476 e. The van der Waals surface area contributed by atoms with Gasteiger partial charge in [-0.25, -0.2) is 9.78 Å². The molecule has 2 rings (SSSR count). The highest BCUT2D eigenvalue weighted by Gasteiger charge is 2.14. The second kappa shape index (κ2) is 5.81. The molecule has 5 nitrogen and oxygen atoms in total. The Morgan fingerprint density at radius 1 is 1.33 bits per heavy atom. The van der Waals surface area contributed by atoms with Crippen LogP contribution in [0, 0.1) is 25.2 Å². The number of aryl methyl sites for hydroxylation is 2. The van der Waals surface area contributed by atoms with Gasteiger partial charge in [0.05, 0.1) is 16.7 Å². The molecule has 0 amide bonds. The van der Waals surface area contributed by atoms with Gasteiger partial charge in [0.2, 0.25) is 5.88 Å². The van der Waals surface area contributed by atoms with Crippen LogP contribution >= 0.6 is 11.6 Å². The first-order valence-electron chi connectivity index (χ1n) is 6.01. The summed E-state index contributed by atoms with van der Waals surface area (Å²) in [6.45, 7) is 3.61. The monoisotopic (exact) mass is 302 g/mol. The van der Waals surface area contributed by atoms with Crippen molar-refractivity contribution in [3.8, 4) is 17.7 Å². The number of halogens is 1. The molecule has 0 radical (unpaired) electrons. The summed E-state index contributed by atoms with van der Waals surface area (Å²) in [5.41, 5.74) is 1.80. The Hall–Kier alpha value is -2.58. The predicted octanol–water partition coefficient (Wildman–Crippen LogP) is 3.71. The zero-order valence-electron chi connectivity index (χ0n) is 11.3. The van der Waals surface area contributed by atoms with E-state index in [9.17, 15) is 4.79 Å². The van der Waals surface area contributed by atoms with Crippen molar-refractivity contribution >= 4 is 17.6 Å². The summed E-state index contributed by atoms with van der Waals surface area (Å²) < 4.78 is 5.64. The van der Waals surface area contributed by atoms with Gasteiger partial charge in [-0.2, -0.15) is 5.26 Å². The molecule has 0 bridgehead atoms. The van der Waals surface area contributed by atoms with E-state index in [0.717, 1.165) is 11.1 Å². The number of hydrogen-bond donors (Lipinski definition) is 1. The fourth-order valence-corrected chi connectivity index (χ4v) is 2.10. The third-order valence-electron chi connectivity index (χ3n) is 2.82. The second-order valence-electron chi connectivity index (χ2n) is 4.44. The molecule has 0 aliphatic heterocycles. The van der Waals surface area contributed by atoms with Crippen molar-refractivity contribution in [2.75, 3.05) is 0 Å². The molecule has 0 saturated heterocycles. The first-order valence-corrected chi connectivity index (χ1v) is 6.39. The minimum atomic E-state index is -1.22. The molecule has 106 valence electrons. The van der Waals surface area contributed by atoms with Crippen molar-refractivity contribution in [1.29, 1.82) is 5.26 Å². The molecule has 0 spiro atoms. The number of aromatic nitrogens is 1. The summed E-state index contributed by atoms with van der Waals surface area (Å²) in [6.07, 6.45) is 0. The molecule has 1 heterocycles. The number of pyridine rings is 1. The van der Waals surface area contributed by atoms with Crippen molar-refractivity contribution in [1.82, 2.24) is 4.98 Å². The summed E-state index contributed by atoms with van der Waals surface area (Å²) in [6, 6.07) is 8.36. The molecule has 6 heteroatoms. The lowest BCUT2D eigenvalue weighted by atomic mass is 10.1. The van der Waals surface area contributed by atoms with Gasteiger partial charge >= 0.3 is 5.97 Å². The standard InChI is InChI=1S/C15H11ClN2O3/c1-8-5-10(7-17)6-9(2)14(8)21-12-4-3-11(16)13(18-12)15(19)20/h3-6H,1-2H3,(H,19,20). The van der Waals surface area contributed by atoms with Crippen LogP contribution < -0.4 is 4.74 Å². The molecule has 0 unspecified atom stereocenters. The van der Waals surface area contributed by atoms with Gasteiger partial charge in [-0.15, -0.1) is 0 Å². The maximum atomic E-state index is 11.0. The Labute approximate surface area is 126 Å². The van der Waals surface area contributed by atoms with Crippen molar-refractivity contribution < 1.29 is 14.6 Å². The van der Waals surface area contributed by atoms with Crippen LogP contribution in [0.4, 0.5) is 0 Å². The summed E-state index contributed by atoms with van der Waals surface area (Å²) in [5.74, 6) is -0.549. The number of carboxylic acids is 1. The maximum Gasteiger partial charge on any atom is 0.356 e. The Morgan fingerprint density at radius 2 is 1.95 bits per heavy atom. The molecular formula is C15H11ClN2O3. The van der Waals surface area contributed by atoms with Crippen LogP contribution in [-0.2, 0) is 0 Å². The Bertz CT molecular complexity index is 743. The van der Waals surface area contributed by atoms with Gasteiger partial charge in [-0.1, -0.05) is 11.6 Å². The normalized spacial score (nSPS) is 10.0. The van der Waals surface area contributed by atoms with Crippen molar-refractivity contribution in [2.24, 2.45) is 0 Å². The van der Waals surface area contributed by atoms with Crippen LogP contribution in [0.3, 0.4) is 0 Å². The lowest BCUT2D eigenvalue weighted by Gasteiger charge is -2.12. The third-order valence-corrected chi connectivity index (χ3v) is 3.12. The van der Waals surface area contributed by atoms with Gasteiger partial charge in [-0.3, -0.25) is 0 Å². The van der Waals surface area contributed by atoms with Gasteiger partial charge in [0.1, 0.15) is 5.75 Å². The highest BCUT2D eigenvalue weighted by molar-refractivity contribution is 6.33. The molecule has 0 atom stereocenters. The molecule has 2 aromatic rings. The number of benzene rings is 1. The van der Waals surface area contributed by atoms with Crippen LogP contribution in [-0.4, -0.2) is 16.1 Å². The largest absolute Gasteiger partial charge is 0.476 e. The number of carboxylic acid groups (broad SMARTS) is 1. The lowest BCUT2D eigenvalue weighted by Crippen LogP contribution is -2.03. The average molecular weight is 303 g/mol. The van der Waals surface area contributed by atoms with E-state index in [4.69, 9.17) is 26.7 Å². The fraction of sp³-hybridized carbons (Fsp3) is 0.133. The van der Waals surface area contributed by atoms with E-state index in [1.807, 2.05) is 0 Å². The molecule has 21 heavy (non-hydrogen) atoms. The molecule has 1 aromatic heterocycles. The number of nitriles is 1. The van der Waals surface area contributed by atoms with E-state index >= 15 is 0 Å². The summed E-state index contributed by atoms with van der Waals surface area (Å²) in [7, 11) is 0. The Balaban J connectivity index is 2.42. The second-order valence-corrected chi connectivity index (χ2v) is 4.85. The van der Waals surface area contributed by atoms with Crippen LogP contribution in [0.25, 0.3) is 0 Å². The Morgan fingerprint density at radius 3 is 2.48 bits per heavy atom. The van der Waals surface area contributed by atoms with Gasteiger partial charge in [0.15, 0.2) is 5.69 Å². The zero-order valence-corrected chi connectivity index (χ0v) is 12.1. The van der Waals surface area contributed by atoms with E-state index in [2.05, 4.69) is 11.1 Å². The molecule has 0 saturated carbocycles. The fourth-order valence-electron chi connectivity index (χ4n) is 1.91. The molecular weight excluding hydrogens is 292 g/mol. The molecule has 0 aliphatic rings. The van der Waals surface area contributed by atoms with E-state index in [1.165, 1.54) is 12.1 Å². The third kappa shape index (κ3) is 3.12. The van der Waals surface area contributed by atoms with Crippen LogP contribution in [0.2, 0.25) is 5.02 Å². The Kier molecular flexibility index (Phi) is 4.10. The quantitative estimate of drug-likeness (QED) is 0.934. The van der Waals surface area contributed by atoms with Crippen molar-refractivity contribution in [3.05, 3.63) is 51.7 Å². The van der Waals surface area contributed by atoms with Crippen LogP contribution in [0.15, 0.2) is 24.3 Å². The highest BCUT2D eigenvalue weighted by atomic mass is 35.5. The van der Waals surface area contributed by atoms with E-state index in [-0.39, 0.29) is 16.6 Å². The number of ether oxygens (including phenoxy) is 1. The van der Waals surface area contributed by atoms with Crippen LogP contribution in [0.1, 0.15) is 27.2 Å². The van der Waals surface area contributed by atoms with E-state index < -0.39 is 5.97 Å². The summed E-state index contributed by atoms with van der Waals surface area (Å²) >= 11 is 5.76. The smallest absolute Gasteiger partial charge is 0.356 e. The van der Waals surface area contributed by atoms with Crippen LogP contribution in [0.5, 0.6) is 11.6 Å². The number of rotatable bonds is 3.